The molecule has 0 spiro atoms. The first-order valence-corrected chi connectivity index (χ1v) is 12.1. The number of benzene rings is 2. The maximum Gasteiger partial charge on any atom is 0.256 e. The smallest absolute Gasteiger partial charge is 0.256 e. The zero-order chi connectivity index (χ0) is 22.0. The number of carbonyl (C=O) groups excluding carboxylic acids is 1. The van der Waals surface area contributed by atoms with E-state index in [1.807, 2.05) is 42.5 Å². The summed E-state index contributed by atoms with van der Waals surface area (Å²) in [6.45, 7) is 8.75. The maximum atomic E-state index is 13.0. The molecule has 5 heteroatoms. The fourth-order valence-corrected chi connectivity index (χ4v) is 5.54. The molecular weight excluding hydrogens is 424 g/mol. The number of nitrogens with one attached hydrogen (secondary N) is 1. The van der Waals surface area contributed by atoms with E-state index in [9.17, 15) is 4.79 Å². The topological polar surface area (TPSA) is 32.3 Å². The molecule has 4 rings (SSSR count). The van der Waals surface area contributed by atoms with Gasteiger partial charge < -0.3 is 5.32 Å². The summed E-state index contributed by atoms with van der Waals surface area (Å²) in [5.41, 5.74) is 4.36. The SMILES string of the molecule is Cc1sc(NC(=O)c2ccccc2)c([C@@H](c2ccc(Cl)cc2)N2CCC(C)CC2)c1C. The lowest BCUT2D eigenvalue weighted by molar-refractivity contribution is 0.102. The van der Waals surface area contributed by atoms with Gasteiger partial charge in [0.2, 0.25) is 0 Å². The predicted molar refractivity (Wildman–Crippen MR) is 131 cm³/mol. The average molecular weight is 453 g/mol. The molecule has 1 atom stereocenters. The molecule has 0 unspecified atom stereocenters. The van der Waals surface area contributed by atoms with E-state index in [1.165, 1.54) is 34.4 Å². The first kappa shape index (κ1) is 22.1. The molecular formula is C26H29ClN2OS. The molecule has 1 amide bonds. The molecule has 1 aliphatic rings. The quantitative estimate of drug-likeness (QED) is 0.448. The summed E-state index contributed by atoms with van der Waals surface area (Å²) < 4.78 is 0. The molecule has 31 heavy (non-hydrogen) atoms. The normalized spacial score (nSPS) is 16.3. The van der Waals surface area contributed by atoms with Crippen molar-refractivity contribution >= 4 is 33.8 Å². The Hall–Kier alpha value is -2.14. The third kappa shape index (κ3) is 4.87. The van der Waals surface area contributed by atoms with E-state index < -0.39 is 0 Å². The zero-order valence-corrected chi connectivity index (χ0v) is 19.9. The van der Waals surface area contributed by atoms with Gasteiger partial charge in [0.1, 0.15) is 5.00 Å². The van der Waals surface area contributed by atoms with E-state index in [1.54, 1.807) is 11.3 Å². The number of anilines is 1. The minimum Gasteiger partial charge on any atom is -0.313 e. The molecule has 1 fully saturated rings. The average Bonchev–Trinajstić information content (AvgIpc) is 3.05. The summed E-state index contributed by atoms with van der Waals surface area (Å²) in [5.74, 6) is 0.690. The predicted octanol–water partition coefficient (Wildman–Crippen LogP) is 7.09. The van der Waals surface area contributed by atoms with E-state index in [-0.39, 0.29) is 11.9 Å². The first-order chi connectivity index (χ1) is 14.9. The minimum absolute atomic E-state index is 0.0646. The van der Waals surface area contributed by atoms with Gasteiger partial charge in [-0.05, 0) is 81.1 Å². The number of amides is 1. The van der Waals surface area contributed by atoms with Gasteiger partial charge in [-0.2, -0.15) is 0 Å². The fourth-order valence-electron chi connectivity index (χ4n) is 4.32. The van der Waals surface area contributed by atoms with Gasteiger partial charge in [0.15, 0.2) is 0 Å². The molecule has 0 radical (unpaired) electrons. The number of halogens is 1. The highest BCUT2D eigenvalue weighted by Crippen LogP contribution is 2.43. The number of hydrogen-bond acceptors (Lipinski definition) is 3. The van der Waals surface area contributed by atoms with Crippen molar-refractivity contribution in [3.05, 3.63) is 86.8 Å². The van der Waals surface area contributed by atoms with Crippen molar-refractivity contribution in [1.82, 2.24) is 4.90 Å². The second-order valence-corrected chi connectivity index (χ2v) is 10.2. The van der Waals surface area contributed by atoms with Crippen LogP contribution in [0.2, 0.25) is 5.02 Å². The number of hydrogen-bond donors (Lipinski definition) is 1. The van der Waals surface area contributed by atoms with Crippen molar-refractivity contribution in [2.75, 3.05) is 18.4 Å². The molecule has 3 aromatic rings. The molecule has 2 heterocycles. The Morgan fingerprint density at radius 1 is 1.06 bits per heavy atom. The maximum absolute atomic E-state index is 13.0. The summed E-state index contributed by atoms with van der Waals surface area (Å²) in [6.07, 6.45) is 2.38. The lowest BCUT2D eigenvalue weighted by Crippen LogP contribution is -2.37. The van der Waals surface area contributed by atoms with Gasteiger partial charge in [-0.1, -0.05) is 48.9 Å². The van der Waals surface area contributed by atoms with Crippen LogP contribution in [-0.4, -0.2) is 23.9 Å². The van der Waals surface area contributed by atoms with Crippen molar-refractivity contribution in [3.8, 4) is 0 Å². The van der Waals surface area contributed by atoms with Crippen molar-refractivity contribution in [2.45, 2.75) is 39.7 Å². The van der Waals surface area contributed by atoms with Crippen LogP contribution in [0.3, 0.4) is 0 Å². The van der Waals surface area contributed by atoms with Crippen LogP contribution in [0.15, 0.2) is 54.6 Å². The van der Waals surface area contributed by atoms with Crippen molar-refractivity contribution < 1.29 is 4.79 Å². The molecule has 1 saturated heterocycles. The van der Waals surface area contributed by atoms with Crippen LogP contribution >= 0.6 is 22.9 Å². The van der Waals surface area contributed by atoms with Crippen LogP contribution in [0, 0.1) is 19.8 Å². The molecule has 1 aliphatic heterocycles. The molecule has 0 aliphatic carbocycles. The van der Waals surface area contributed by atoms with Crippen molar-refractivity contribution in [2.24, 2.45) is 5.92 Å². The Bertz CT molecular complexity index is 1040. The van der Waals surface area contributed by atoms with Gasteiger partial charge in [-0.15, -0.1) is 11.3 Å². The van der Waals surface area contributed by atoms with E-state index in [0.29, 0.717) is 5.56 Å². The number of carbonyl (C=O) groups is 1. The summed E-state index contributed by atoms with van der Waals surface area (Å²) in [6, 6.07) is 17.7. The standard InChI is InChI=1S/C26H29ClN2OS/c1-17-13-15-29(16-14-17)24(20-9-11-22(27)12-10-20)23-18(2)19(3)31-26(23)28-25(30)21-7-5-4-6-8-21/h4-12,17,24H,13-16H2,1-3H3,(H,28,30)/t24-/m1/s1. The largest absolute Gasteiger partial charge is 0.313 e. The Morgan fingerprint density at radius 3 is 2.35 bits per heavy atom. The highest BCUT2D eigenvalue weighted by atomic mass is 35.5. The van der Waals surface area contributed by atoms with Crippen LogP contribution in [0.1, 0.15) is 57.7 Å². The number of thiophene rings is 1. The van der Waals surface area contributed by atoms with Gasteiger partial charge in [0, 0.05) is 21.0 Å². The van der Waals surface area contributed by atoms with Gasteiger partial charge in [-0.3, -0.25) is 9.69 Å². The summed E-state index contributed by atoms with van der Waals surface area (Å²) >= 11 is 7.87. The Morgan fingerprint density at radius 2 is 1.71 bits per heavy atom. The summed E-state index contributed by atoms with van der Waals surface area (Å²) in [5, 5.41) is 4.91. The number of rotatable bonds is 5. The highest BCUT2D eigenvalue weighted by molar-refractivity contribution is 7.16. The Labute approximate surface area is 194 Å². The van der Waals surface area contributed by atoms with E-state index in [2.05, 4.69) is 43.1 Å². The Balaban J connectivity index is 1.75. The molecule has 0 bridgehead atoms. The monoisotopic (exact) mass is 452 g/mol. The number of aryl methyl sites for hydroxylation is 1. The van der Waals surface area contributed by atoms with E-state index >= 15 is 0 Å². The number of nitrogens with zero attached hydrogens (tertiary/aromatic N) is 1. The van der Waals surface area contributed by atoms with E-state index in [4.69, 9.17) is 11.6 Å². The van der Waals surface area contributed by atoms with Gasteiger partial charge in [-0.25, -0.2) is 0 Å². The lowest BCUT2D eigenvalue weighted by Gasteiger charge is -2.37. The van der Waals surface area contributed by atoms with Crippen molar-refractivity contribution in [3.63, 3.8) is 0 Å². The number of piperidine rings is 1. The Kier molecular flexibility index (Phi) is 6.80. The van der Waals surface area contributed by atoms with Crippen molar-refractivity contribution in [1.29, 1.82) is 0 Å². The van der Waals surface area contributed by atoms with Crippen LogP contribution in [0.25, 0.3) is 0 Å². The molecule has 1 aromatic heterocycles. The summed E-state index contributed by atoms with van der Waals surface area (Å²) in [4.78, 5) is 16.8. The van der Waals surface area contributed by atoms with Crippen LogP contribution in [-0.2, 0) is 0 Å². The molecule has 1 N–H and O–H groups in total. The van der Waals surface area contributed by atoms with Crippen LogP contribution in [0.4, 0.5) is 5.00 Å². The first-order valence-electron chi connectivity index (χ1n) is 10.9. The van der Waals surface area contributed by atoms with Gasteiger partial charge in [0.25, 0.3) is 5.91 Å². The van der Waals surface area contributed by atoms with Crippen LogP contribution in [0.5, 0.6) is 0 Å². The van der Waals surface area contributed by atoms with Crippen LogP contribution < -0.4 is 5.32 Å². The molecule has 2 aromatic carbocycles. The highest BCUT2D eigenvalue weighted by Gasteiger charge is 2.31. The molecule has 3 nitrogen and oxygen atoms in total. The lowest BCUT2D eigenvalue weighted by atomic mass is 9.91. The third-order valence-corrected chi connectivity index (χ3v) is 7.73. The second kappa shape index (κ2) is 9.56. The molecule has 162 valence electrons. The molecule has 0 saturated carbocycles. The fraction of sp³-hybridized carbons (Fsp3) is 0.346. The minimum atomic E-state index is -0.0646. The number of likely N-dealkylation sites (tertiary alicyclic amines) is 1. The second-order valence-electron chi connectivity index (χ2n) is 8.52. The van der Waals surface area contributed by atoms with Gasteiger partial charge >= 0.3 is 0 Å². The third-order valence-electron chi connectivity index (χ3n) is 6.34. The summed E-state index contributed by atoms with van der Waals surface area (Å²) in [7, 11) is 0. The van der Waals surface area contributed by atoms with Gasteiger partial charge in [0.05, 0.1) is 6.04 Å². The zero-order valence-electron chi connectivity index (χ0n) is 18.3. The van der Waals surface area contributed by atoms with E-state index in [0.717, 1.165) is 29.0 Å².